The minimum atomic E-state index is -3.28. The van der Waals surface area contributed by atoms with E-state index < -0.39 is 42.0 Å². The third-order valence-electron chi connectivity index (χ3n) is 10.8. The summed E-state index contributed by atoms with van der Waals surface area (Å²) < 4.78 is 57.8. The molecule has 15 heteroatoms. The molecule has 1 unspecified atom stereocenters. The molecule has 7 atom stereocenters. The molecule has 0 saturated carbocycles. The number of alkyl halides is 1. The predicted octanol–water partition coefficient (Wildman–Crippen LogP) is 9.53. The van der Waals surface area contributed by atoms with Crippen molar-refractivity contribution in [2.45, 2.75) is 41.6 Å². The second-order valence-corrected chi connectivity index (χ2v) is 20.5. The maximum Gasteiger partial charge on any atom is 0.249 e. The van der Waals surface area contributed by atoms with Gasteiger partial charge in [0, 0.05) is 0 Å². The largest absolute Gasteiger partial charge is 0.497 e. The van der Waals surface area contributed by atoms with E-state index >= 15 is 4.39 Å². The smallest absolute Gasteiger partial charge is 0.249 e. The maximum atomic E-state index is 17.6. The predicted molar refractivity (Wildman–Crippen MR) is 233 cm³/mol. The van der Waals surface area contributed by atoms with Crippen molar-refractivity contribution in [1.29, 1.82) is 0 Å². The molecule has 306 valence electrons. The number of nitrogens with two attached hydrogens (primary N) is 1. The van der Waals surface area contributed by atoms with Gasteiger partial charge in [-0.3, -0.25) is 4.57 Å². The van der Waals surface area contributed by atoms with Crippen LogP contribution in [0.25, 0.3) is 11.2 Å². The van der Waals surface area contributed by atoms with Gasteiger partial charge in [-0.25, -0.2) is 19.3 Å². The number of rotatable bonds is 13. The van der Waals surface area contributed by atoms with E-state index in [4.69, 9.17) is 45.5 Å². The van der Waals surface area contributed by atoms with Gasteiger partial charge in [-0.1, -0.05) is 127 Å². The first kappa shape index (κ1) is 40.2. The van der Waals surface area contributed by atoms with Crippen molar-refractivity contribution in [2.24, 2.45) is 0 Å². The molecule has 2 fully saturated rings. The summed E-state index contributed by atoms with van der Waals surface area (Å²) in [5.41, 5.74) is 6.69. The van der Waals surface area contributed by atoms with Crippen LogP contribution in [0.4, 0.5) is 10.2 Å². The molecule has 4 heterocycles. The van der Waals surface area contributed by atoms with E-state index in [1.54, 1.807) is 14.2 Å². The molecule has 0 aliphatic carbocycles. The zero-order chi connectivity index (χ0) is 41.3. The van der Waals surface area contributed by atoms with Gasteiger partial charge in [-0.05, 0) is 63.9 Å². The molecule has 9 rings (SSSR count). The van der Waals surface area contributed by atoms with Gasteiger partial charge in [0.05, 0.1) is 32.4 Å². The van der Waals surface area contributed by atoms with Crippen molar-refractivity contribution in [3.05, 3.63) is 180 Å². The molecule has 2 saturated heterocycles. The van der Waals surface area contributed by atoms with E-state index in [2.05, 4.69) is 15.0 Å². The molecule has 7 aromatic rings. The third kappa shape index (κ3) is 7.58. The van der Waals surface area contributed by atoms with Gasteiger partial charge in [0.15, 0.2) is 23.9 Å². The third-order valence-corrected chi connectivity index (χ3v) is 16.1. The maximum absolute atomic E-state index is 17.6. The highest BCUT2D eigenvalue weighted by Gasteiger charge is 2.54. The minimum absolute atomic E-state index is 0.136. The lowest BCUT2D eigenvalue weighted by molar-refractivity contribution is -0.0911. The first-order valence-electron chi connectivity index (χ1n) is 19.3. The Morgan fingerprint density at radius 3 is 1.93 bits per heavy atom. The Hall–Kier alpha value is -5.18. The fourth-order valence-corrected chi connectivity index (χ4v) is 13.9. The molecule has 0 bridgehead atoms. The standard InChI is InChI=1S/C45H41FN5O6PS2/c1-52-34-22-18-32(19-23-34)45(31-16-10-5-11-17-31,33-20-24-35(53-2)25-21-33)54-26-36-40(37(46)44(55-36)51-28-50-38-42(47)48-27-49-43(38)51)57-58(59)56-39(29-12-6-3-7-13-29)41(60-58)30-14-8-4-9-15-30/h3-25,27-28,36-37,39-41,44H,26H2,1-2H3,(H2,47,48,49)/t36-,37-,39-,40-,41+,44-,58?/m1/s1. The molecule has 5 aromatic carbocycles. The van der Waals surface area contributed by atoms with Gasteiger partial charge in [-0.2, -0.15) is 0 Å². The highest BCUT2D eigenvalue weighted by Crippen LogP contribution is 2.77. The van der Waals surface area contributed by atoms with Crippen LogP contribution in [0.5, 0.6) is 11.5 Å². The van der Waals surface area contributed by atoms with Crippen molar-refractivity contribution in [1.82, 2.24) is 19.5 Å². The van der Waals surface area contributed by atoms with Crippen molar-refractivity contribution in [3.8, 4) is 11.5 Å². The number of benzene rings is 5. The van der Waals surface area contributed by atoms with Crippen LogP contribution in [0.1, 0.15) is 45.4 Å². The van der Waals surface area contributed by atoms with Crippen LogP contribution >= 0.6 is 17.1 Å². The van der Waals surface area contributed by atoms with Crippen molar-refractivity contribution >= 4 is 45.9 Å². The fraction of sp³-hybridized carbons (Fsp3) is 0.222. The number of halogens is 1. The molecule has 0 spiro atoms. The lowest BCUT2D eigenvalue weighted by atomic mass is 9.80. The van der Waals surface area contributed by atoms with Crippen molar-refractivity contribution < 1.29 is 32.4 Å². The number of fused-ring (bicyclic) bond motifs is 1. The zero-order valence-corrected chi connectivity index (χ0v) is 35.1. The van der Waals surface area contributed by atoms with Crippen molar-refractivity contribution in [3.63, 3.8) is 0 Å². The van der Waals surface area contributed by atoms with Crippen LogP contribution in [0.2, 0.25) is 0 Å². The summed E-state index contributed by atoms with van der Waals surface area (Å²) in [5.74, 6) is 1.52. The Morgan fingerprint density at radius 1 is 0.767 bits per heavy atom. The number of anilines is 1. The van der Waals surface area contributed by atoms with Gasteiger partial charge in [0.2, 0.25) is 5.69 Å². The SMILES string of the molecule is COc1ccc(C(OC[C@H]2O[C@@H](n3cnc4c(N)ncnc43)[C@H](F)[C@@H]2OP2(=S)O[C@H](c3ccccc3)[C@H](c3ccccc3)S2)(c2ccccc2)c2ccc(OC)cc2)cc1. The zero-order valence-electron chi connectivity index (χ0n) is 32.6. The normalized spacial score (nSPS) is 24.1. The number of methoxy groups -OCH3 is 2. The van der Waals surface area contributed by atoms with E-state index in [-0.39, 0.29) is 17.7 Å². The van der Waals surface area contributed by atoms with E-state index in [0.717, 1.165) is 27.8 Å². The summed E-state index contributed by atoms with van der Waals surface area (Å²) in [4.78, 5) is 12.9. The summed E-state index contributed by atoms with van der Waals surface area (Å²) in [7, 11) is 3.24. The first-order valence-corrected chi connectivity index (χ1v) is 23.4. The second kappa shape index (κ2) is 17.1. The highest BCUT2D eigenvalue weighted by atomic mass is 32.9. The van der Waals surface area contributed by atoms with Crippen LogP contribution in [0, 0.1) is 0 Å². The number of hydrogen-bond donors (Lipinski definition) is 1. The molecular formula is C45H41FN5O6PS2. The second-order valence-electron chi connectivity index (χ2n) is 14.3. The number of aromatic nitrogens is 4. The van der Waals surface area contributed by atoms with E-state index in [0.29, 0.717) is 22.7 Å². The van der Waals surface area contributed by atoms with Crippen LogP contribution in [0.15, 0.2) is 152 Å². The number of imidazole rings is 1. The van der Waals surface area contributed by atoms with E-state index in [1.165, 1.54) is 28.6 Å². The van der Waals surface area contributed by atoms with Crippen LogP contribution in [-0.4, -0.2) is 58.7 Å². The van der Waals surface area contributed by atoms with Crippen LogP contribution in [-0.2, 0) is 35.9 Å². The van der Waals surface area contributed by atoms with Crippen molar-refractivity contribution in [2.75, 3.05) is 26.6 Å². The lowest BCUT2D eigenvalue weighted by Gasteiger charge is -2.37. The highest BCUT2D eigenvalue weighted by molar-refractivity contribution is 8.68. The molecule has 2 aliphatic rings. The van der Waals surface area contributed by atoms with E-state index in [1.807, 2.05) is 140 Å². The van der Waals surface area contributed by atoms with Gasteiger partial charge < -0.3 is 33.7 Å². The number of ether oxygens (including phenoxy) is 4. The molecule has 2 aromatic heterocycles. The molecule has 0 amide bonds. The minimum Gasteiger partial charge on any atom is -0.497 e. The lowest BCUT2D eigenvalue weighted by Crippen LogP contribution is -2.39. The Balaban J connectivity index is 1.12. The summed E-state index contributed by atoms with van der Waals surface area (Å²) in [6, 6.07) is 45.2. The average molecular weight is 862 g/mol. The van der Waals surface area contributed by atoms with Gasteiger partial charge in [0.1, 0.15) is 47.3 Å². The summed E-state index contributed by atoms with van der Waals surface area (Å²) in [5, 5.41) is -0.210. The van der Waals surface area contributed by atoms with Gasteiger partial charge in [0.25, 0.3) is 0 Å². The van der Waals surface area contributed by atoms with Gasteiger partial charge in [-0.15, -0.1) is 0 Å². The van der Waals surface area contributed by atoms with Crippen LogP contribution in [0.3, 0.4) is 0 Å². The number of nitrogen functional groups attached to an aromatic ring is 1. The number of hydrogen-bond acceptors (Lipinski definition) is 12. The molecular weight excluding hydrogens is 821 g/mol. The Kier molecular flexibility index (Phi) is 11.4. The molecule has 11 nitrogen and oxygen atoms in total. The molecule has 0 radical (unpaired) electrons. The summed E-state index contributed by atoms with van der Waals surface area (Å²) >= 11 is 7.74. The summed E-state index contributed by atoms with van der Waals surface area (Å²) in [6.45, 7) is -0.136. The first-order chi connectivity index (χ1) is 29.3. The van der Waals surface area contributed by atoms with Gasteiger partial charge >= 0.3 is 0 Å². The molecule has 60 heavy (non-hydrogen) atoms. The monoisotopic (exact) mass is 861 g/mol. The van der Waals surface area contributed by atoms with Crippen LogP contribution < -0.4 is 15.2 Å². The molecule has 2 aliphatic heterocycles. The fourth-order valence-electron chi connectivity index (χ4n) is 7.88. The number of nitrogens with zero attached hydrogens (tertiary/aromatic N) is 4. The summed E-state index contributed by atoms with van der Waals surface area (Å²) in [6.07, 6.45) is -2.93. The quantitative estimate of drug-likeness (QED) is 0.0877. The average Bonchev–Trinajstić information content (AvgIpc) is 3.98. The Labute approximate surface area is 355 Å². The molecule has 2 N–H and O–H groups in total. The Morgan fingerprint density at radius 2 is 1.33 bits per heavy atom. The Bertz CT molecular complexity index is 2500. The van der Waals surface area contributed by atoms with E-state index in [9.17, 15) is 0 Å². The topological polar surface area (TPSA) is 125 Å².